The molecule has 3 aromatic rings. The Kier molecular flexibility index (Phi) is 8.12. The Hall–Kier alpha value is -4.46. The maximum Gasteiger partial charge on any atom is 0.357 e. The lowest BCUT2D eigenvalue weighted by atomic mass is 9.94. The molecule has 0 amide bonds. The van der Waals surface area contributed by atoms with E-state index in [2.05, 4.69) is 0 Å². The summed E-state index contributed by atoms with van der Waals surface area (Å²) >= 11 is 0. The van der Waals surface area contributed by atoms with Crippen molar-refractivity contribution >= 4 is 23.9 Å². The molecule has 0 aromatic heterocycles. The van der Waals surface area contributed by atoms with Gasteiger partial charge in [0.2, 0.25) is 5.60 Å². The van der Waals surface area contributed by atoms with Gasteiger partial charge in [-0.1, -0.05) is 54.6 Å². The quantitative estimate of drug-likeness (QED) is 0.348. The minimum absolute atomic E-state index is 0.136. The Morgan fingerprint density at radius 3 is 1.29 bits per heavy atom. The van der Waals surface area contributed by atoms with Crippen LogP contribution in [0.15, 0.2) is 91.0 Å². The second-order valence-electron chi connectivity index (χ2n) is 7.22. The molecule has 0 spiro atoms. The molecule has 3 rings (SSSR count). The topological polar surface area (TPSA) is 105 Å². The standard InChI is InChI=1S/C26H22O8/c1-19(27)34-26(25(30)33-22-15-9-4-10-16-22,17-23(28)31-20-11-5-2-6-12-20)18-24(29)32-21-13-7-3-8-14-21/h2-16H,17-18H2,1H3. The molecule has 8 heteroatoms. The Balaban J connectivity index is 1.89. The maximum atomic E-state index is 13.2. The third kappa shape index (κ3) is 7.03. The van der Waals surface area contributed by atoms with Gasteiger partial charge in [0, 0.05) is 6.92 Å². The molecule has 0 fully saturated rings. The minimum atomic E-state index is -2.32. The number of hydrogen-bond acceptors (Lipinski definition) is 8. The van der Waals surface area contributed by atoms with E-state index in [0.717, 1.165) is 6.92 Å². The molecular weight excluding hydrogens is 440 g/mol. The van der Waals surface area contributed by atoms with Crippen LogP contribution in [0.1, 0.15) is 19.8 Å². The Morgan fingerprint density at radius 1 is 0.588 bits per heavy atom. The highest BCUT2D eigenvalue weighted by Crippen LogP contribution is 2.28. The number of esters is 4. The summed E-state index contributed by atoms with van der Waals surface area (Å²) in [5, 5.41) is 0. The van der Waals surface area contributed by atoms with Crippen molar-refractivity contribution < 1.29 is 38.1 Å². The predicted octanol–water partition coefficient (Wildman–Crippen LogP) is 3.89. The summed E-state index contributed by atoms with van der Waals surface area (Å²) in [6, 6.07) is 24.2. The highest BCUT2D eigenvalue weighted by atomic mass is 16.6. The number of rotatable bonds is 9. The van der Waals surface area contributed by atoms with Gasteiger partial charge in [0.15, 0.2) is 0 Å². The summed E-state index contributed by atoms with van der Waals surface area (Å²) in [6.45, 7) is 1.05. The summed E-state index contributed by atoms with van der Waals surface area (Å²) < 4.78 is 21.1. The van der Waals surface area contributed by atoms with Crippen LogP contribution in [0.25, 0.3) is 0 Å². The summed E-state index contributed by atoms with van der Waals surface area (Å²) in [4.78, 5) is 50.7. The lowest BCUT2D eigenvalue weighted by Crippen LogP contribution is -2.50. The summed E-state index contributed by atoms with van der Waals surface area (Å²) in [6.07, 6.45) is -1.56. The second-order valence-corrected chi connectivity index (χ2v) is 7.22. The fourth-order valence-electron chi connectivity index (χ4n) is 3.06. The molecule has 0 saturated carbocycles. The van der Waals surface area contributed by atoms with E-state index in [1.54, 1.807) is 54.6 Å². The van der Waals surface area contributed by atoms with Gasteiger partial charge in [0.05, 0.1) is 12.8 Å². The molecule has 0 aliphatic heterocycles. The number of carbonyl (C=O) groups excluding carboxylic acids is 4. The van der Waals surface area contributed by atoms with Crippen LogP contribution < -0.4 is 14.2 Å². The first-order chi connectivity index (χ1) is 16.4. The Morgan fingerprint density at radius 2 is 0.941 bits per heavy atom. The van der Waals surface area contributed by atoms with Crippen LogP contribution in [0.4, 0.5) is 0 Å². The van der Waals surface area contributed by atoms with E-state index in [4.69, 9.17) is 18.9 Å². The number of para-hydroxylation sites is 3. The highest BCUT2D eigenvalue weighted by molar-refractivity contribution is 5.94. The van der Waals surface area contributed by atoms with E-state index < -0.39 is 42.3 Å². The first kappa shape index (κ1) is 24.2. The lowest BCUT2D eigenvalue weighted by Gasteiger charge is -2.29. The van der Waals surface area contributed by atoms with Gasteiger partial charge in [-0.25, -0.2) is 4.79 Å². The van der Waals surface area contributed by atoms with Crippen molar-refractivity contribution in [1.29, 1.82) is 0 Å². The normalized spacial score (nSPS) is 10.6. The highest BCUT2D eigenvalue weighted by Gasteiger charge is 2.49. The Labute approximate surface area is 196 Å². The monoisotopic (exact) mass is 462 g/mol. The zero-order valence-electron chi connectivity index (χ0n) is 18.3. The van der Waals surface area contributed by atoms with Crippen molar-refractivity contribution in [2.45, 2.75) is 25.4 Å². The molecule has 34 heavy (non-hydrogen) atoms. The summed E-state index contributed by atoms with van der Waals surface area (Å²) in [7, 11) is 0. The fourth-order valence-corrected chi connectivity index (χ4v) is 3.06. The summed E-state index contributed by atoms with van der Waals surface area (Å²) in [5.74, 6) is -3.28. The first-order valence-electron chi connectivity index (χ1n) is 10.3. The average Bonchev–Trinajstić information content (AvgIpc) is 2.80. The molecular formula is C26H22O8. The zero-order valence-corrected chi connectivity index (χ0v) is 18.3. The van der Waals surface area contributed by atoms with E-state index in [0.29, 0.717) is 0 Å². The third-order valence-electron chi connectivity index (χ3n) is 4.47. The van der Waals surface area contributed by atoms with Crippen LogP contribution in [-0.2, 0) is 23.9 Å². The fraction of sp³-hybridized carbons (Fsp3) is 0.154. The molecule has 0 aliphatic rings. The number of ether oxygens (including phenoxy) is 4. The molecule has 174 valence electrons. The van der Waals surface area contributed by atoms with Gasteiger partial charge in [0.1, 0.15) is 17.2 Å². The lowest BCUT2D eigenvalue weighted by molar-refractivity contribution is -0.182. The van der Waals surface area contributed by atoms with Crippen LogP contribution in [0, 0.1) is 0 Å². The molecule has 0 bridgehead atoms. The minimum Gasteiger partial charge on any atom is -0.446 e. The first-order valence-corrected chi connectivity index (χ1v) is 10.3. The third-order valence-corrected chi connectivity index (χ3v) is 4.47. The smallest absolute Gasteiger partial charge is 0.357 e. The van der Waals surface area contributed by atoms with Crippen molar-refractivity contribution in [3.63, 3.8) is 0 Å². The molecule has 0 atom stereocenters. The van der Waals surface area contributed by atoms with Gasteiger partial charge in [-0.05, 0) is 36.4 Å². The predicted molar refractivity (Wildman–Crippen MR) is 120 cm³/mol. The van der Waals surface area contributed by atoms with E-state index in [9.17, 15) is 19.2 Å². The van der Waals surface area contributed by atoms with Crippen LogP contribution in [0.5, 0.6) is 17.2 Å². The van der Waals surface area contributed by atoms with Gasteiger partial charge in [-0.2, -0.15) is 0 Å². The van der Waals surface area contributed by atoms with Crippen LogP contribution >= 0.6 is 0 Å². The average molecular weight is 462 g/mol. The molecule has 0 heterocycles. The summed E-state index contributed by atoms with van der Waals surface area (Å²) in [5.41, 5.74) is -2.32. The van der Waals surface area contributed by atoms with Crippen molar-refractivity contribution in [1.82, 2.24) is 0 Å². The van der Waals surface area contributed by atoms with Gasteiger partial charge < -0.3 is 18.9 Å². The molecule has 0 saturated heterocycles. The molecule has 0 aliphatic carbocycles. The van der Waals surface area contributed by atoms with Crippen LogP contribution in [-0.4, -0.2) is 29.5 Å². The van der Waals surface area contributed by atoms with Crippen LogP contribution in [0.3, 0.4) is 0 Å². The van der Waals surface area contributed by atoms with Crippen LogP contribution in [0.2, 0.25) is 0 Å². The van der Waals surface area contributed by atoms with Crippen molar-refractivity contribution in [2.75, 3.05) is 0 Å². The van der Waals surface area contributed by atoms with Gasteiger partial charge in [-0.15, -0.1) is 0 Å². The molecule has 0 unspecified atom stereocenters. The van der Waals surface area contributed by atoms with E-state index in [1.165, 1.54) is 36.4 Å². The van der Waals surface area contributed by atoms with Gasteiger partial charge in [-0.3, -0.25) is 14.4 Å². The van der Waals surface area contributed by atoms with Crippen molar-refractivity contribution in [2.24, 2.45) is 0 Å². The SMILES string of the molecule is CC(=O)OC(CC(=O)Oc1ccccc1)(CC(=O)Oc1ccccc1)C(=O)Oc1ccccc1. The molecule has 0 radical (unpaired) electrons. The van der Waals surface area contributed by atoms with E-state index >= 15 is 0 Å². The Bertz CT molecular complexity index is 1070. The number of benzene rings is 3. The van der Waals surface area contributed by atoms with Gasteiger partial charge in [0.25, 0.3) is 0 Å². The van der Waals surface area contributed by atoms with Crippen molar-refractivity contribution in [3.05, 3.63) is 91.0 Å². The van der Waals surface area contributed by atoms with E-state index in [1.807, 2.05) is 0 Å². The molecule has 8 nitrogen and oxygen atoms in total. The maximum absolute atomic E-state index is 13.2. The number of carbonyl (C=O) groups is 4. The zero-order chi connectivity index (χ0) is 24.4. The number of hydrogen-bond donors (Lipinski definition) is 0. The molecule has 0 N–H and O–H groups in total. The molecule has 3 aromatic carbocycles. The van der Waals surface area contributed by atoms with E-state index in [-0.39, 0.29) is 17.2 Å². The largest absolute Gasteiger partial charge is 0.446 e. The van der Waals surface area contributed by atoms with Gasteiger partial charge >= 0.3 is 23.9 Å². The van der Waals surface area contributed by atoms with Crippen molar-refractivity contribution in [3.8, 4) is 17.2 Å². The second kappa shape index (κ2) is 11.4.